The predicted octanol–water partition coefficient (Wildman–Crippen LogP) is 0.0243. The van der Waals surface area contributed by atoms with E-state index in [1.54, 1.807) is 0 Å². The molecule has 0 atom stereocenters. The van der Waals surface area contributed by atoms with Gasteiger partial charge in [-0.2, -0.15) is 0 Å². The van der Waals surface area contributed by atoms with Crippen LogP contribution < -0.4 is 16.4 Å². The summed E-state index contributed by atoms with van der Waals surface area (Å²) in [7, 11) is 0. The van der Waals surface area contributed by atoms with Gasteiger partial charge in [-0.25, -0.2) is 9.59 Å². The number of carboxylic acid groups (broad SMARTS) is 1. The molecule has 0 heterocycles. The summed E-state index contributed by atoms with van der Waals surface area (Å²) in [5.41, 5.74) is 4.76. The van der Waals surface area contributed by atoms with Crippen molar-refractivity contribution < 1.29 is 24.2 Å². The topological polar surface area (TPSA) is 131 Å². The van der Waals surface area contributed by atoms with Crippen LogP contribution in [0.3, 0.4) is 0 Å². The fraction of sp³-hybridized carbons (Fsp3) is 0.727. The Hall–Kier alpha value is -1.99. The summed E-state index contributed by atoms with van der Waals surface area (Å²) in [6.07, 6.45) is 1.58. The van der Waals surface area contributed by atoms with Gasteiger partial charge < -0.3 is 26.2 Å². The zero-order valence-corrected chi connectivity index (χ0v) is 10.6. The maximum Gasteiger partial charge on any atom is 0.404 e. The zero-order chi connectivity index (χ0) is 14.3. The number of urea groups is 1. The average molecular weight is 273 g/mol. The molecule has 0 radical (unpaired) electrons. The molecule has 8 nitrogen and oxygen atoms in total. The Labute approximate surface area is 110 Å². The van der Waals surface area contributed by atoms with Gasteiger partial charge in [0.25, 0.3) is 0 Å². The van der Waals surface area contributed by atoms with E-state index in [1.807, 2.05) is 0 Å². The first kappa shape index (κ1) is 15.1. The minimum absolute atomic E-state index is 0.00680. The summed E-state index contributed by atoms with van der Waals surface area (Å²) in [5.74, 6) is -1.07. The van der Waals surface area contributed by atoms with Gasteiger partial charge in [0.2, 0.25) is 0 Å². The van der Waals surface area contributed by atoms with E-state index < -0.39 is 12.1 Å². The third-order valence-electron chi connectivity index (χ3n) is 3.04. The molecule has 0 saturated heterocycles. The Morgan fingerprint density at radius 3 is 2.37 bits per heavy atom. The van der Waals surface area contributed by atoms with Crippen molar-refractivity contribution in [2.24, 2.45) is 11.7 Å². The second kappa shape index (κ2) is 7.45. The van der Waals surface area contributed by atoms with Crippen LogP contribution in [0.2, 0.25) is 0 Å². The number of primary amides is 1. The van der Waals surface area contributed by atoms with Crippen LogP contribution in [-0.4, -0.2) is 42.4 Å². The fourth-order valence-electron chi connectivity index (χ4n) is 2.04. The van der Waals surface area contributed by atoms with Gasteiger partial charge in [0.05, 0.1) is 12.5 Å². The monoisotopic (exact) mass is 273 g/mol. The maximum atomic E-state index is 11.5. The SMILES string of the molecule is NC(=O)OCCNC(=O)NC1CCC(C(=O)O)CC1. The minimum atomic E-state index is -0.880. The molecule has 8 heteroatoms. The van der Waals surface area contributed by atoms with Gasteiger partial charge in [-0.15, -0.1) is 0 Å². The summed E-state index contributed by atoms with van der Waals surface area (Å²) < 4.78 is 4.45. The normalized spacial score (nSPS) is 22.3. The molecule has 1 aliphatic carbocycles. The summed E-state index contributed by atoms with van der Waals surface area (Å²) in [6, 6.07) is -0.362. The van der Waals surface area contributed by atoms with E-state index in [0.29, 0.717) is 25.7 Å². The molecule has 1 saturated carbocycles. The number of carboxylic acids is 1. The number of carbonyl (C=O) groups is 3. The maximum absolute atomic E-state index is 11.5. The molecule has 1 aliphatic rings. The Bertz CT molecular complexity index is 339. The van der Waals surface area contributed by atoms with Crippen molar-refractivity contribution in [3.8, 4) is 0 Å². The molecule has 19 heavy (non-hydrogen) atoms. The minimum Gasteiger partial charge on any atom is -0.481 e. The predicted molar refractivity (Wildman–Crippen MR) is 65.5 cm³/mol. The fourth-order valence-corrected chi connectivity index (χ4v) is 2.04. The second-order valence-electron chi connectivity index (χ2n) is 4.45. The van der Waals surface area contributed by atoms with E-state index in [9.17, 15) is 14.4 Å². The first-order valence-electron chi connectivity index (χ1n) is 6.18. The van der Waals surface area contributed by atoms with Gasteiger partial charge in [-0.1, -0.05) is 0 Å². The third kappa shape index (κ3) is 5.94. The molecule has 0 spiro atoms. The van der Waals surface area contributed by atoms with Crippen LogP contribution >= 0.6 is 0 Å². The van der Waals surface area contributed by atoms with Gasteiger partial charge in [-0.05, 0) is 25.7 Å². The number of nitrogens with one attached hydrogen (secondary N) is 2. The van der Waals surface area contributed by atoms with Crippen molar-refractivity contribution in [1.29, 1.82) is 0 Å². The number of ether oxygens (including phenoxy) is 1. The molecule has 0 aliphatic heterocycles. The molecule has 1 fully saturated rings. The summed E-state index contributed by atoms with van der Waals surface area (Å²) in [4.78, 5) is 32.5. The first-order chi connectivity index (χ1) is 8.99. The molecule has 0 aromatic carbocycles. The van der Waals surface area contributed by atoms with Gasteiger partial charge in [-0.3, -0.25) is 4.79 Å². The van der Waals surface area contributed by atoms with E-state index in [1.165, 1.54) is 0 Å². The number of amides is 3. The summed E-state index contributed by atoms with van der Waals surface area (Å²) >= 11 is 0. The highest BCUT2D eigenvalue weighted by molar-refractivity contribution is 5.74. The number of hydrogen-bond donors (Lipinski definition) is 4. The number of hydrogen-bond acceptors (Lipinski definition) is 4. The zero-order valence-electron chi connectivity index (χ0n) is 10.6. The molecule has 0 aromatic rings. The lowest BCUT2D eigenvalue weighted by atomic mass is 9.86. The van der Waals surface area contributed by atoms with Crippen molar-refractivity contribution in [2.75, 3.05) is 13.2 Å². The number of aliphatic carboxylic acids is 1. The molecule has 0 aromatic heterocycles. The van der Waals surface area contributed by atoms with Crippen molar-refractivity contribution in [2.45, 2.75) is 31.7 Å². The quantitative estimate of drug-likeness (QED) is 0.525. The average Bonchev–Trinajstić information content (AvgIpc) is 2.35. The van der Waals surface area contributed by atoms with Crippen LogP contribution in [0.5, 0.6) is 0 Å². The Morgan fingerprint density at radius 2 is 1.84 bits per heavy atom. The van der Waals surface area contributed by atoms with E-state index in [4.69, 9.17) is 10.8 Å². The van der Waals surface area contributed by atoms with Crippen LogP contribution in [0, 0.1) is 5.92 Å². The van der Waals surface area contributed by atoms with Crippen LogP contribution in [0.15, 0.2) is 0 Å². The van der Waals surface area contributed by atoms with E-state index >= 15 is 0 Å². The van der Waals surface area contributed by atoms with Crippen LogP contribution in [0.4, 0.5) is 9.59 Å². The number of carbonyl (C=O) groups excluding carboxylic acids is 2. The smallest absolute Gasteiger partial charge is 0.404 e. The summed E-state index contributed by atoms with van der Waals surface area (Å²) in [5, 5.41) is 14.1. The van der Waals surface area contributed by atoms with Gasteiger partial charge >= 0.3 is 18.1 Å². The lowest BCUT2D eigenvalue weighted by Crippen LogP contribution is -2.45. The van der Waals surface area contributed by atoms with Crippen molar-refractivity contribution >= 4 is 18.1 Å². The van der Waals surface area contributed by atoms with Crippen molar-refractivity contribution in [1.82, 2.24) is 10.6 Å². The standard InChI is InChI=1S/C11H19N3O5/c12-10(17)19-6-5-13-11(18)14-8-3-1-7(2-4-8)9(15)16/h7-8H,1-6H2,(H2,12,17)(H,15,16)(H2,13,14,18). The molecule has 0 unspecified atom stereocenters. The third-order valence-corrected chi connectivity index (χ3v) is 3.04. The lowest BCUT2D eigenvalue weighted by molar-refractivity contribution is -0.142. The van der Waals surface area contributed by atoms with Crippen LogP contribution in [0.1, 0.15) is 25.7 Å². The summed E-state index contributed by atoms with van der Waals surface area (Å²) in [6.45, 7) is 0.202. The highest BCUT2D eigenvalue weighted by atomic mass is 16.5. The van der Waals surface area contributed by atoms with Crippen molar-refractivity contribution in [3.63, 3.8) is 0 Å². The van der Waals surface area contributed by atoms with Crippen LogP contribution in [-0.2, 0) is 9.53 Å². The molecule has 0 bridgehead atoms. The first-order valence-corrected chi connectivity index (χ1v) is 6.18. The van der Waals surface area contributed by atoms with E-state index in [-0.39, 0.29) is 31.1 Å². The van der Waals surface area contributed by atoms with Gasteiger partial charge in [0, 0.05) is 6.04 Å². The van der Waals surface area contributed by atoms with Gasteiger partial charge in [0.1, 0.15) is 6.61 Å². The van der Waals surface area contributed by atoms with Gasteiger partial charge in [0.15, 0.2) is 0 Å². The molecular weight excluding hydrogens is 254 g/mol. The van der Waals surface area contributed by atoms with Crippen LogP contribution in [0.25, 0.3) is 0 Å². The lowest BCUT2D eigenvalue weighted by Gasteiger charge is -2.26. The van der Waals surface area contributed by atoms with E-state index in [2.05, 4.69) is 15.4 Å². The Kier molecular flexibility index (Phi) is 5.91. The molecule has 5 N–H and O–H groups in total. The highest BCUT2D eigenvalue weighted by Gasteiger charge is 2.26. The van der Waals surface area contributed by atoms with Crippen molar-refractivity contribution in [3.05, 3.63) is 0 Å². The number of nitrogens with two attached hydrogens (primary N) is 1. The molecule has 1 rings (SSSR count). The Balaban J connectivity index is 2.13. The van der Waals surface area contributed by atoms with E-state index in [0.717, 1.165) is 0 Å². The molecular formula is C11H19N3O5. The molecule has 108 valence electrons. The highest BCUT2D eigenvalue weighted by Crippen LogP contribution is 2.24. The number of rotatable bonds is 5. The Morgan fingerprint density at radius 1 is 1.21 bits per heavy atom. The molecule has 3 amide bonds. The second-order valence-corrected chi connectivity index (χ2v) is 4.45. The largest absolute Gasteiger partial charge is 0.481 e.